The summed E-state index contributed by atoms with van der Waals surface area (Å²) in [6.45, 7) is 4.15. The topological polar surface area (TPSA) is 83.1 Å². The van der Waals surface area contributed by atoms with Crippen LogP contribution >= 0.6 is 0 Å². The van der Waals surface area contributed by atoms with Crippen molar-refractivity contribution in [1.29, 1.82) is 0 Å². The average molecular weight is 641 g/mol. The van der Waals surface area contributed by atoms with Gasteiger partial charge < -0.3 is 29.9 Å². The molecule has 2 atom stereocenters. The molecule has 4 heterocycles. The Balaban J connectivity index is 1.40. The van der Waals surface area contributed by atoms with E-state index in [9.17, 15) is 9.59 Å². The first-order valence-corrected chi connectivity index (χ1v) is 16.5. The van der Waals surface area contributed by atoms with E-state index in [0.29, 0.717) is 42.9 Å². The highest BCUT2D eigenvalue weighted by molar-refractivity contribution is 6.06. The van der Waals surface area contributed by atoms with Gasteiger partial charge in [0, 0.05) is 61.9 Å². The Morgan fingerprint density at radius 1 is 1.00 bits per heavy atom. The minimum Gasteiger partial charge on any atom is -0.422 e. The van der Waals surface area contributed by atoms with Gasteiger partial charge in [0.1, 0.15) is 0 Å². The van der Waals surface area contributed by atoms with Crippen LogP contribution in [0.4, 0.5) is 20.2 Å². The van der Waals surface area contributed by atoms with Crippen LogP contribution in [0.2, 0.25) is 0 Å². The van der Waals surface area contributed by atoms with Gasteiger partial charge in [-0.3, -0.25) is 9.59 Å². The molecule has 0 aromatic heterocycles. The second-order valence-electron chi connectivity index (χ2n) is 13.3. The molecule has 47 heavy (non-hydrogen) atoms. The standard InChI is InChI=1S/C37H38F2N4O4/c1-21-29-17-27(18-32-34(29)47-37(38,39)36(45)42(32)13-4-14-46-2)43(26-9-10-26)35(44)31-20-40-12-11-28(31)24-6-3-5-22(15-24)23-7-8-25-19-41-33(21)30(25)16-23/h3,5-8,15-18,26,28,31,40-41H,4,9-14,19-20H2,1-2H3/b33-21+/t28-,31+/m1/s1. The maximum atomic E-state index is 15.4. The van der Waals surface area contributed by atoms with E-state index in [4.69, 9.17) is 9.47 Å². The SMILES string of the molecule is COCCCN1C(=O)C(F)(F)Oc2c3cc(cc21)N(C1CC1)C(=O)[C@H]1CNCC[C@@H]1c1cccc(c1)-c1ccc2c(c1)/C(=C\3C)NC2. The molecule has 1 aliphatic carbocycles. The number of halogens is 2. The molecule has 5 aliphatic rings. The number of ether oxygens (including phenoxy) is 2. The van der Waals surface area contributed by atoms with Crippen LogP contribution < -0.4 is 25.2 Å². The second-order valence-corrected chi connectivity index (χ2v) is 13.3. The third-order valence-corrected chi connectivity index (χ3v) is 10.3. The number of allylic oxidation sites excluding steroid dienone is 1. The van der Waals surface area contributed by atoms with Gasteiger partial charge in [0.15, 0.2) is 5.75 Å². The summed E-state index contributed by atoms with van der Waals surface area (Å²) in [7, 11) is 1.53. The number of piperidine rings is 1. The number of rotatable bonds is 5. The average Bonchev–Trinajstić information content (AvgIpc) is 3.82. The predicted molar refractivity (Wildman–Crippen MR) is 176 cm³/mol. The van der Waals surface area contributed by atoms with Gasteiger partial charge in [-0.2, -0.15) is 8.78 Å². The fourth-order valence-electron chi connectivity index (χ4n) is 7.74. The van der Waals surface area contributed by atoms with Gasteiger partial charge >= 0.3 is 12.0 Å². The van der Waals surface area contributed by atoms with Crippen LogP contribution in [0.15, 0.2) is 54.6 Å². The number of alkyl halides is 2. The van der Waals surface area contributed by atoms with Crippen molar-refractivity contribution >= 4 is 34.5 Å². The first kappa shape index (κ1) is 30.1. The van der Waals surface area contributed by atoms with E-state index in [-0.39, 0.29) is 41.8 Å². The van der Waals surface area contributed by atoms with Crippen LogP contribution in [0.3, 0.4) is 0 Å². The lowest BCUT2D eigenvalue weighted by Gasteiger charge is -2.38. The number of carbonyl (C=O) groups excluding carboxylic acids is 2. The first-order valence-electron chi connectivity index (χ1n) is 16.5. The molecule has 2 N–H and O–H groups in total. The Hall–Kier alpha value is -4.28. The molecule has 0 unspecified atom stereocenters. The second kappa shape index (κ2) is 11.5. The number of benzene rings is 3. The van der Waals surface area contributed by atoms with Gasteiger partial charge in [-0.25, -0.2) is 0 Å². The van der Waals surface area contributed by atoms with E-state index in [1.807, 2.05) is 17.9 Å². The van der Waals surface area contributed by atoms with E-state index in [2.05, 4.69) is 53.1 Å². The Morgan fingerprint density at radius 2 is 1.83 bits per heavy atom. The van der Waals surface area contributed by atoms with Crippen LogP contribution in [-0.2, 0) is 20.9 Å². The molecule has 3 aromatic carbocycles. The largest absolute Gasteiger partial charge is 0.483 e. The number of amides is 2. The van der Waals surface area contributed by atoms with E-state index in [0.717, 1.165) is 64.2 Å². The van der Waals surface area contributed by atoms with E-state index < -0.39 is 12.0 Å². The minimum absolute atomic E-state index is 0.00217. The van der Waals surface area contributed by atoms with Crippen molar-refractivity contribution in [3.63, 3.8) is 0 Å². The Kier molecular flexibility index (Phi) is 7.33. The molecule has 8 rings (SSSR count). The molecule has 10 heteroatoms. The van der Waals surface area contributed by atoms with Crippen molar-refractivity contribution < 1.29 is 27.8 Å². The smallest absolute Gasteiger partial charge is 0.422 e. The molecule has 3 aromatic rings. The monoisotopic (exact) mass is 640 g/mol. The zero-order chi connectivity index (χ0) is 32.4. The van der Waals surface area contributed by atoms with Gasteiger partial charge in [0.05, 0.1) is 11.6 Å². The molecule has 6 bridgehead atoms. The molecule has 4 aliphatic heterocycles. The predicted octanol–water partition coefficient (Wildman–Crippen LogP) is 5.90. The Labute approximate surface area is 272 Å². The highest BCUT2D eigenvalue weighted by Gasteiger charge is 2.52. The fraction of sp³-hybridized carbons (Fsp3) is 0.405. The molecule has 2 amide bonds. The summed E-state index contributed by atoms with van der Waals surface area (Å²) in [4.78, 5) is 31.0. The zero-order valence-corrected chi connectivity index (χ0v) is 26.6. The summed E-state index contributed by atoms with van der Waals surface area (Å²) in [5.41, 5.74) is 8.10. The number of hydrogen-bond acceptors (Lipinski definition) is 6. The van der Waals surface area contributed by atoms with E-state index in [1.165, 1.54) is 7.11 Å². The fourth-order valence-corrected chi connectivity index (χ4v) is 7.74. The number of hydrogen-bond donors (Lipinski definition) is 2. The Bertz CT molecular complexity index is 1820. The summed E-state index contributed by atoms with van der Waals surface area (Å²) in [5.74, 6) is -1.80. The van der Waals surface area contributed by atoms with Crippen molar-refractivity contribution in [2.75, 3.05) is 43.2 Å². The molecular weight excluding hydrogens is 602 g/mol. The van der Waals surface area contributed by atoms with E-state index >= 15 is 8.78 Å². The normalized spacial score (nSPS) is 24.5. The number of fused-ring (bicyclic) bond motifs is 10. The highest BCUT2D eigenvalue weighted by atomic mass is 19.3. The lowest BCUT2D eigenvalue weighted by atomic mass is 9.79. The van der Waals surface area contributed by atoms with Gasteiger partial charge in [-0.15, -0.1) is 0 Å². The summed E-state index contributed by atoms with van der Waals surface area (Å²) < 4.78 is 41.3. The van der Waals surface area contributed by atoms with Crippen LogP contribution in [0, 0.1) is 5.92 Å². The maximum absolute atomic E-state index is 15.4. The molecular formula is C37H38F2N4O4. The molecule has 1 saturated carbocycles. The highest BCUT2D eigenvalue weighted by Crippen LogP contribution is 2.50. The van der Waals surface area contributed by atoms with Crippen molar-refractivity contribution in [1.82, 2.24) is 10.6 Å². The molecule has 0 radical (unpaired) electrons. The summed E-state index contributed by atoms with van der Waals surface area (Å²) >= 11 is 0. The van der Waals surface area contributed by atoms with Crippen LogP contribution in [0.1, 0.15) is 60.8 Å². The zero-order valence-electron chi connectivity index (χ0n) is 26.6. The van der Waals surface area contributed by atoms with Crippen molar-refractivity contribution in [3.8, 4) is 16.9 Å². The summed E-state index contributed by atoms with van der Waals surface area (Å²) in [6.07, 6.45) is -1.18. The molecule has 2 fully saturated rings. The summed E-state index contributed by atoms with van der Waals surface area (Å²) in [6, 6.07) is 18.4. The van der Waals surface area contributed by atoms with Crippen molar-refractivity contribution in [3.05, 3.63) is 76.9 Å². The van der Waals surface area contributed by atoms with Crippen LogP contribution in [0.25, 0.3) is 22.4 Å². The number of nitrogens with zero attached hydrogens (tertiary/aromatic N) is 2. The van der Waals surface area contributed by atoms with Crippen molar-refractivity contribution in [2.24, 2.45) is 5.92 Å². The number of carbonyl (C=O) groups is 2. The quantitative estimate of drug-likeness (QED) is 0.338. The maximum Gasteiger partial charge on any atom is 0.483 e. The number of methoxy groups -OCH3 is 1. The minimum atomic E-state index is -4.05. The number of anilines is 2. The van der Waals surface area contributed by atoms with Gasteiger partial charge in [-0.1, -0.05) is 36.4 Å². The third kappa shape index (κ3) is 5.09. The van der Waals surface area contributed by atoms with Crippen LogP contribution in [0.5, 0.6) is 5.75 Å². The number of nitrogens with one attached hydrogen (secondary N) is 2. The molecule has 244 valence electrons. The van der Waals surface area contributed by atoms with Gasteiger partial charge in [0.2, 0.25) is 5.91 Å². The molecule has 8 nitrogen and oxygen atoms in total. The molecule has 1 saturated heterocycles. The van der Waals surface area contributed by atoms with Crippen molar-refractivity contribution in [2.45, 2.75) is 57.2 Å². The summed E-state index contributed by atoms with van der Waals surface area (Å²) in [5, 5.41) is 6.96. The Morgan fingerprint density at radius 3 is 2.64 bits per heavy atom. The van der Waals surface area contributed by atoms with Gasteiger partial charge in [-0.05, 0) is 91.1 Å². The first-order chi connectivity index (χ1) is 22.7. The lowest BCUT2D eigenvalue weighted by Crippen LogP contribution is -2.51. The molecule has 0 spiro atoms. The lowest BCUT2D eigenvalue weighted by molar-refractivity contribution is -0.192. The van der Waals surface area contributed by atoms with Crippen LogP contribution in [-0.4, -0.2) is 57.3 Å². The van der Waals surface area contributed by atoms with E-state index in [1.54, 1.807) is 6.07 Å². The third-order valence-electron chi connectivity index (χ3n) is 10.3. The van der Waals surface area contributed by atoms with Gasteiger partial charge in [0.25, 0.3) is 0 Å².